The molecule has 0 bridgehead atoms. The van der Waals surface area contributed by atoms with Gasteiger partial charge in [0.2, 0.25) is 11.8 Å². The summed E-state index contributed by atoms with van der Waals surface area (Å²) in [6.07, 6.45) is 5.19. The monoisotopic (exact) mass is 400 g/mol. The topological polar surface area (TPSA) is 99.3 Å². The average molecular weight is 401 g/mol. The third-order valence-corrected chi connectivity index (χ3v) is 4.59. The molecule has 0 radical (unpaired) electrons. The summed E-state index contributed by atoms with van der Waals surface area (Å²) in [5.41, 5.74) is 5.01. The maximum absolute atomic E-state index is 11.9. The van der Waals surface area contributed by atoms with Crippen LogP contribution in [0.3, 0.4) is 0 Å². The molecule has 1 aliphatic rings. The van der Waals surface area contributed by atoms with Crippen LogP contribution in [0.2, 0.25) is 10.0 Å². The van der Waals surface area contributed by atoms with Gasteiger partial charge in [-0.2, -0.15) is 0 Å². The summed E-state index contributed by atoms with van der Waals surface area (Å²) in [5.74, 6) is -0.822. The number of hydrogen-bond donors (Lipinski definition) is 4. The summed E-state index contributed by atoms with van der Waals surface area (Å²) in [5, 5.41) is 6.19. The van der Waals surface area contributed by atoms with E-state index in [0.29, 0.717) is 15.7 Å². The summed E-state index contributed by atoms with van der Waals surface area (Å²) < 4.78 is 0. The zero-order valence-corrected chi connectivity index (χ0v) is 15.8. The number of carbonyl (C=O) groups excluding carboxylic acids is 3. The van der Waals surface area contributed by atoms with Gasteiger partial charge in [0.15, 0.2) is 0 Å². The SMILES string of the molecule is O=C(CCC(=O)Nc1ccc(Cl)cc1Cl)NNC(=O)NC1CCCCC1. The van der Waals surface area contributed by atoms with Gasteiger partial charge >= 0.3 is 6.03 Å². The second kappa shape index (κ2) is 10.2. The molecule has 0 aliphatic heterocycles. The predicted octanol–water partition coefficient (Wildman–Crippen LogP) is 3.38. The maximum atomic E-state index is 11.9. The van der Waals surface area contributed by atoms with Crippen LogP contribution in [0.1, 0.15) is 44.9 Å². The number of rotatable bonds is 5. The molecule has 0 atom stereocenters. The van der Waals surface area contributed by atoms with Crippen LogP contribution in [0.5, 0.6) is 0 Å². The van der Waals surface area contributed by atoms with Gasteiger partial charge in [0.25, 0.3) is 0 Å². The summed E-state index contributed by atoms with van der Waals surface area (Å²) in [6.45, 7) is 0. The quantitative estimate of drug-likeness (QED) is 0.570. The highest BCUT2D eigenvalue weighted by Gasteiger charge is 2.16. The molecule has 0 heterocycles. The van der Waals surface area contributed by atoms with Crippen LogP contribution in [0.15, 0.2) is 18.2 Å². The zero-order chi connectivity index (χ0) is 18.9. The van der Waals surface area contributed by atoms with Gasteiger partial charge in [-0.3, -0.25) is 15.0 Å². The first-order valence-corrected chi connectivity index (χ1v) is 9.30. The van der Waals surface area contributed by atoms with Crippen LogP contribution < -0.4 is 21.5 Å². The molecule has 0 unspecified atom stereocenters. The molecular weight excluding hydrogens is 379 g/mol. The molecule has 26 heavy (non-hydrogen) atoms. The minimum Gasteiger partial charge on any atom is -0.334 e. The third kappa shape index (κ3) is 7.09. The molecule has 1 fully saturated rings. The Morgan fingerprint density at radius 3 is 2.35 bits per heavy atom. The highest BCUT2D eigenvalue weighted by molar-refractivity contribution is 6.36. The molecule has 1 saturated carbocycles. The van der Waals surface area contributed by atoms with Crippen LogP contribution in [0.25, 0.3) is 0 Å². The van der Waals surface area contributed by atoms with Gasteiger partial charge in [-0.1, -0.05) is 42.5 Å². The van der Waals surface area contributed by atoms with E-state index in [9.17, 15) is 14.4 Å². The molecule has 1 aliphatic carbocycles. The smallest absolute Gasteiger partial charge is 0.333 e. The van der Waals surface area contributed by atoms with E-state index in [4.69, 9.17) is 23.2 Å². The predicted molar refractivity (Wildman–Crippen MR) is 101 cm³/mol. The number of anilines is 1. The Labute approximate surface area is 162 Å². The van der Waals surface area contributed by atoms with Crippen molar-refractivity contribution in [3.8, 4) is 0 Å². The molecule has 7 nitrogen and oxygen atoms in total. The van der Waals surface area contributed by atoms with E-state index in [1.54, 1.807) is 12.1 Å². The minimum atomic E-state index is -0.457. The van der Waals surface area contributed by atoms with Crippen molar-refractivity contribution < 1.29 is 14.4 Å². The summed E-state index contributed by atoms with van der Waals surface area (Å²) in [7, 11) is 0. The molecule has 9 heteroatoms. The van der Waals surface area contributed by atoms with E-state index in [2.05, 4.69) is 21.5 Å². The van der Waals surface area contributed by atoms with E-state index in [0.717, 1.165) is 25.7 Å². The van der Waals surface area contributed by atoms with E-state index in [1.165, 1.54) is 12.5 Å². The normalized spacial score (nSPS) is 14.4. The Hall–Kier alpha value is -1.99. The lowest BCUT2D eigenvalue weighted by Crippen LogP contribution is -2.50. The van der Waals surface area contributed by atoms with Crippen molar-refractivity contribution in [2.24, 2.45) is 0 Å². The van der Waals surface area contributed by atoms with Crippen LogP contribution in [0.4, 0.5) is 10.5 Å². The standard InChI is InChI=1S/C17H22Cl2N4O3/c18-11-6-7-14(13(19)10-11)21-15(24)8-9-16(25)22-23-17(26)20-12-4-2-1-3-5-12/h6-7,10,12H,1-5,8-9H2,(H,21,24)(H,22,25)(H2,20,23,26). The van der Waals surface area contributed by atoms with Gasteiger partial charge in [-0.05, 0) is 31.0 Å². The van der Waals surface area contributed by atoms with Crippen LogP contribution in [-0.2, 0) is 9.59 Å². The molecule has 0 spiro atoms. The molecule has 4 amide bonds. The third-order valence-electron chi connectivity index (χ3n) is 4.04. The molecule has 142 valence electrons. The molecular formula is C17H22Cl2N4O3. The summed E-state index contributed by atoms with van der Waals surface area (Å²) >= 11 is 11.8. The number of amides is 4. The van der Waals surface area contributed by atoms with Gasteiger partial charge in [-0.15, -0.1) is 0 Å². The van der Waals surface area contributed by atoms with Crippen molar-refractivity contribution in [2.45, 2.75) is 51.0 Å². The first kappa shape index (κ1) is 20.3. The molecule has 1 aromatic rings. The number of hydrazine groups is 1. The number of urea groups is 1. The van der Waals surface area contributed by atoms with Crippen molar-refractivity contribution in [3.63, 3.8) is 0 Å². The van der Waals surface area contributed by atoms with Crippen molar-refractivity contribution >= 4 is 46.7 Å². The second-order valence-electron chi connectivity index (χ2n) is 6.15. The number of halogens is 2. The first-order valence-electron chi connectivity index (χ1n) is 8.54. The van der Waals surface area contributed by atoms with E-state index in [-0.39, 0.29) is 24.8 Å². The second-order valence-corrected chi connectivity index (χ2v) is 7.00. The molecule has 1 aromatic carbocycles. The zero-order valence-electron chi connectivity index (χ0n) is 14.2. The highest BCUT2D eigenvalue weighted by Crippen LogP contribution is 2.25. The van der Waals surface area contributed by atoms with Crippen molar-refractivity contribution in [2.75, 3.05) is 5.32 Å². The van der Waals surface area contributed by atoms with Crippen molar-refractivity contribution in [1.82, 2.24) is 16.2 Å². The lowest BCUT2D eigenvalue weighted by Gasteiger charge is -2.22. The molecule has 2 rings (SSSR count). The van der Waals surface area contributed by atoms with E-state index >= 15 is 0 Å². The highest BCUT2D eigenvalue weighted by atomic mass is 35.5. The summed E-state index contributed by atoms with van der Waals surface area (Å²) in [4.78, 5) is 35.3. The fourth-order valence-corrected chi connectivity index (χ4v) is 3.14. The lowest BCUT2D eigenvalue weighted by atomic mass is 9.96. The minimum absolute atomic E-state index is 0.0449. The first-order chi connectivity index (χ1) is 12.4. The van der Waals surface area contributed by atoms with E-state index in [1.807, 2.05) is 0 Å². The molecule has 4 N–H and O–H groups in total. The van der Waals surface area contributed by atoms with Gasteiger partial charge in [0.05, 0.1) is 10.7 Å². The van der Waals surface area contributed by atoms with Crippen LogP contribution in [0, 0.1) is 0 Å². The van der Waals surface area contributed by atoms with Crippen LogP contribution in [-0.4, -0.2) is 23.9 Å². The van der Waals surface area contributed by atoms with Crippen LogP contribution >= 0.6 is 23.2 Å². The van der Waals surface area contributed by atoms with Crippen molar-refractivity contribution in [1.29, 1.82) is 0 Å². The molecule has 0 saturated heterocycles. The largest absolute Gasteiger partial charge is 0.334 e. The van der Waals surface area contributed by atoms with Crippen molar-refractivity contribution in [3.05, 3.63) is 28.2 Å². The Kier molecular flexibility index (Phi) is 8.00. The fourth-order valence-electron chi connectivity index (χ4n) is 2.69. The fraction of sp³-hybridized carbons (Fsp3) is 0.471. The van der Waals surface area contributed by atoms with Gasteiger partial charge in [0.1, 0.15) is 0 Å². The van der Waals surface area contributed by atoms with Gasteiger partial charge in [0, 0.05) is 23.9 Å². The Morgan fingerprint density at radius 1 is 0.962 bits per heavy atom. The Balaban J connectivity index is 1.64. The maximum Gasteiger partial charge on any atom is 0.333 e. The summed E-state index contributed by atoms with van der Waals surface area (Å²) in [6, 6.07) is 4.41. The van der Waals surface area contributed by atoms with Gasteiger partial charge < -0.3 is 10.6 Å². The average Bonchev–Trinajstić information content (AvgIpc) is 2.61. The number of benzene rings is 1. The lowest BCUT2D eigenvalue weighted by molar-refractivity contribution is -0.124. The Bertz CT molecular complexity index is 663. The number of carbonyl (C=O) groups is 3. The molecule has 0 aromatic heterocycles. The van der Waals surface area contributed by atoms with Gasteiger partial charge in [-0.25, -0.2) is 10.2 Å². The van der Waals surface area contributed by atoms with E-state index < -0.39 is 11.9 Å². The Morgan fingerprint density at radius 2 is 1.65 bits per heavy atom. The number of nitrogens with one attached hydrogen (secondary N) is 4. The number of hydrogen-bond acceptors (Lipinski definition) is 3.